The van der Waals surface area contributed by atoms with Crippen LogP contribution in [0.3, 0.4) is 0 Å². The van der Waals surface area contributed by atoms with Crippen molar-refractivity contribution in [1.82, 2.24) is 4.98 Å². The van der Waals surface area contributed by atoms with E-state index in [2.05, 4.69) is 40.0 Å². The summed E-state index contributed by atoms with van der Waals surface area (Å²) in [5.41, 5.74) is 3.45. The Morgan fingerprint density at radius 3 is 2.95 bits per heavy atom. The van der Waals surface area contributed by atoms with E-state index < -0.39 is 0 Å². The molecule has 2 rings (SSSR count). The normalized spacial score (nSPS) is 18.9. The van der Waals surface area contributed by atoms with Gasteiger partial charge < -0.3 is 4.74 Å². The lowest BCUT2D eigenvalue weighted by molar-refractivity contribution is -0.148. The Hall–Kier alpha value is -1.16. The number of carbonyl (C=O) groups excluding carboxylic acids is 1. The number of nitrogens with zero attached hydrogens (tertiary/aromatic N) is 1. The third-order valence-corrected chi connectivity index (χ3v) is 3.81. The third kappa shape index (κ3) is 3.44. The molecule has 0 aromatic carbocycles. The maximum atomic E-state index is 11.7. The number of hydrogen-bond acceptors (Lipinski definition) is 3. The van der Waals surface area contributed by atoms with E-state index in [1.54, 1.807) is 0 Å². The summed E-state index contributed by atoms with van der Waals surface area (Å²) in [4.78, 5) is 16.2. The van der Waals surface area contributed by atoms with E-state index in [-0.39, 0.29) is 11.9 Å². The summed E-state index contributed by atoms with van der Waals surface area (Å²) in [5.74, 6) is -0.0576. The van der Waals surface area contributed by atoms with Gasteiger partial charge in [0.05, 0.1) is 18.2 Å². The van der Waals surface area contributed by atoms with E-state index in [4.69, 9.17) is 4.74 Å². The van der Waals surface area contributed by atoms with Crippen LogP contribution >= 0.6 is 15.9 Å². The van der Waals surface area contributed by atoms with E-state index in [0.717, 1.165) is 35.0 Å². The first-order chi connectivity index (χ1) is 9.11. The molecule has 1 heterocycles. The van der Waals surface area contributed by atoms with Gasteiger partial charge in [-0.25, -0.2) is 0 Å². The number of aryl methyl sites for hydroxylation is 1. The van der Waals surface area contributed by atoms with Crippen molar-refractivity contribution in [3.05, 3.63) is 34.1 Å². The van der Waals surface area contributed by atoms with E-state index in [1.165, 1.54) is 5.57 Å². The molecule has 0 aliphatic heterocycles. The number of ether oxygens (including phenoxy) is 1. The van der Waals surface area contributed by atoms with Crippen LogP contribution in [0.5, 0.6) is 0 Å². The van der Waals surface area contributed by atoms with Gasteiger partial charge in [-0.3, -0.25) is 9.78 Å². The van der Waals surface area contributed by atoms with Crippen molar-refractivity contribution in [2.45, 2.75) is 33.1 Å². The molecule has 0 bridgehead atoms. The number of carbonyl (C=O) groups is 1. The summed E-state index contributed by atoms with van der Waals surface area (Å²) in [7, 11) is 0. The molecule has 0 radical (unpaired) electrons. The number of allylic oxidation sites excluding steroid dienone is 2. The molecule has 1 aliphatic rings. The fourth-order valence-electron chi connectivity index (χ4n) is 2.40. The average Bonchev–Trinajstić information content (AvgIpc) is 2.39. The minimum absolute atomic E-state index is 0.0134. The van der Waals surface area contributed by atoms with E-state index in [9.17, 15) is 4.79 Å². The zero-order chi connectivity index (χ0) is 13.8. The van der Waals surface area contributed by atoms with Gasteiger partial charge in [-0.15, -0.1) is 0 Å². The first kappa shape index (κ1) is 14.3. The second kappa shape index (κ2) is 6.33. The smallest absolute Gasteiger partial charge is 0.309 e. The van der Waals surface area contributed by atoms with Gasteiger partial charge >= 0.3 is 5.97 Å². The second-order valence-corrected chi connectivity index (χ2v) is 5.69. The van der Waals surface area contributed by atoms with Crippen molar-refractivity contribution >= 4 is 27.5 Å². The van der Waals surface area contributed by atoms with Crippen molar-refractivity contribution < 1.29 is 9.53 Å². The van der Waals surface area contributed by atoms with E-state index >= 15 is 0 Å². The van der Waals surface area contributed by atoms with Crippen LogP contribution in [0.25, 0.3) is 5.57 Å². The quantitative estimate of drug-likeness (QED) is 0.792. The zero-order valence-electron chi connectivity index (χ0n) is 11.3. The number of aromatic nitrogens is 1. The predicted octanol–water partition coefficient (Wildman–Crippen LogP) is 3.90. The highest BCUT2D eigenvalue weighted by Crippen LogP contribution is 2.31. The summed E-state index contributed by atoms with van der Waals surface area (Å²) in [6, 6.07) is 2.07. The van der Waals surface area contributed by atoms with Crippen LogP contribution in [-0.4, -0.2) is 17.6 Å². The summed E-state index contributed by atoms with van der Waals surface area (Å²) >= 11 is 3.42. The molecule has 1 aromatic heterocycles. The predicted molar refractivity (Wildman–Crippen MR) is 78.6 cm³/mol. The molecule has 0 N–H and O–H groups in total. The van der Waals surface area contributed by atoms with Crippen LogP contribution in [0.4, 0.5) is 0 Å². The fourth-order valence-corrected chi connectivity index (χ4v) is 2.85. The molecule has 1 unspecified atom stereocenters. The van der Waals surface area contributed by atoms with Gasteiger partial charge in [-0.05, 0) is 66.2 Å². The van der Waals surface area contributed by atoms with Crippen LogP contribution < -0.4 is 0 Å². The van der Waals surface area contributed by atoms with Crippen LogP contribution in [0.1, 0.15) is 37.4 Å². The van der Waals surface area contributed by atoms with Crippen LogP contribution in [0.2, 0.25) is 0 Å². The lowest BCUT2D eigenvalue weighted by Gasteiger charge is -2.21. The van der Waals surface area contributed by atoms with Gasteiger partial charge in [0.1, 0.15) is 0 Å². The molecular formula is C15H18BrNO2. The number of pyridine rings is 1. The molecule has 0 fully saturated rings. The third-order valence-electron chi connectivity index (χ3n) is 3.38. The maximum Gasteiger partial charge on any atom is 0.309 e. The van der Waals surface area contributed by atoms with Crippen molar-refractivity contribution in [3.63, 3.8) is 0 Å². The first-order valence-corrected chi connectivity index (χ1v) is 7.39. The fraction of sp³-hybridized carbons (Fsp3) is 0.467. The summed E-state index contributed by atoms with van der Waals surface area (Å²) in [5, 5.41) is 0. The Balaban J connectivity index is 2.10. The Bertz CT molecular complexity index is 511. The van der Waals surface area contributed by atoms with Crippen LogP contribution in [0.15, 0.2) is 22.8 Å². The number of rotatable bonds is 3. The molecule has 1 aromatic rings. The molecule has 1 atom stereocenters. The minimum Gasteiger partial charge on any atom is -0.466 e. The highest BCUT2D eigenvalue weighted by molar-refractivity contribution is 9.10. The molecule has 1 aliphatic carbocycles. The Morgan fingerprint density at radius 2 is 2.37 bits per heavy atom. The van der Waals surface area contributed by atoms with Crippen molar-refractivity contribution in [3.8, 4) is 0 Å². The van der Waals surface area contributed by atoms with Crippen molar-refractivity contribution in [1.29, 1.82) is 0 Å². The van der Waals surface area contributed by atoms with Gasteiger partial charge in [0.2, 0.25) is 0 Å². The molecule has 0 saturated carbocycles. The molecular weight excluding hydrogens is 306 g/mol. The summed E-state index contributed by atoms with van der Waals surface area (Å²) in [6.07, 6.45) is 6.45. The monoisotopic (exact) mass is 323 g/mol. The maximum absolute atomic E-state index is 11.7. The molecule has 3 nitrogen and oxygen atoms in total. The molecule has 102 valence electrons. The molecule has 0 spiro atoms. The van der Waals surface area contributed by atoms with Gasteiger partial charge in [0.25, 0.3) is 0 Å². The van der Waals surface area contributed by atoms with Crippen molar-refractivity contribution in [2.75, 3.05) is 6.61 Å². The number of hydrogen-bond donors (Lipinski definition) is 0. The summed E-state index contributed by atoms with van der Waals surface area (Å²) < 4.78 is 6.07. The highest BCUT2D eigenvalue weighted by atomic mass is 79.9. The lowest BCUT2D eigenvalue weighted by Crippen LogP contribution is -2.19. The van der Waals surface area contributed by atoms with Crippen molar-refractivity contribution in [2.24, 2.45) is 5.92 Å². The Labute approximate surface area is 122 Å². The van der Waals surface area contributed by atoms with Gasteiger partial charge in [0, 0.05) is 10.7 Å². The molecule has 0 saturated heterocycles. The Kier molecular flexibility index (Phi) is 4.75. The average molecular weight is 324 g/mol. The zero-order valence-corrected chi connectivity index (χ0v) is 12.9. The van der Waals surface area contributed by atoms with Gasteiger partial charge in [0.15, 0.2) is 0 Å². The SMILES string of the molecule is CCOC(=O)C1CC=C(c2ncc(Br)cc2C)CC1. The molecule has 19 heavy (non-hydrogen) atoms. The number of esters is 1. The largest absolute Gasteiger partial charge is 0.466 e. The van der Waals surface area contributed by atoms with E-state index in [0.29, 0.717) is 6.61 Å². The second-order valence-electron chi connectivity index (χ2n) is 4.77. The summed E-state index contributed by atoms with van der Waals surface area (Å²) in [6.45, 7) is 4.36. The minimum atomic E-state index is -0.0710. The van der Waals surface area contributed by atoms with E-state index in [1.807, 2.05) is 13.1 Å². The van der Waals surface area contributed by atoms with Gasteiger partial charge in [-0.2, -0.15) is 0 Å². The van der Waals surface area contributed by atoms with Crippen LogP contribution in [0, 0.1) is 12.8 Å². The lowest BCUT2D eigenvalue weighted by atomic mass is 9.87. The first-order valence-electron chi connectivity index (χ1n) is 6.60. The molecule has 4 heteroatoms. The Morgan fingerprint density at radius 1 is 1.58 bits per heavy atom. The molecule has 0 amide bonds. The van der Waals surface area contributed by atoms with Gasteiger partial charge in [-0.1, -0.05) is 6.08 Å². The topological polar surface area (TPSA) is 39.2 Å². The highest BCUT2D eigenvalue weighted by Gasteiger charge is 2.23. The standard InChI is InChI=1S/C15H18BrNO2/c1-3-19-15(18)12-6-4-11(5-7-12)14-10(2)8-13(16)9-17-14/h4,8-9,12H,3,5-7H2,1-2H3. The van der Waals surface area contributed by atoms with Crippen LogP contribution in [-0.2, 0) is 9.53 Å². The number of halogens is 1.